The Balaban J connectivity index is 2.33. The number of carbonyl (C=O) groups is 1. The van der Waals surface area contributed by atoms with E-state index in [2.05, 4.69) is 23.2 Å². The first kappa shape index (κ1) is 11.8. The van der Waals surface area contributed by atoms with Crippen molar-refractivity contribution >= 4 is 17.3 Å². The number of thiazole rings is 1. The van der Waals surface area contributed by atoms with Crippen molar-refractivity contribution < 1.29 is 9.90 Å². The van der Waals surface area contributed by atoms with Crippen LogP contribution < -0.4 is 0 Å². The van der Waals surface area contributed by atoms with Gasteiger partial charge in [0.05, 0.1) is 12.1 Å². The summed E-state index contributed by atoms with van der Waals surface area (Å²) in [6.07, 6.45) is -0.0126. The lowest BCUT2D eigenvalue weighted by Gasteiger charge is -2.01. The minimum atomic E-state index is -0.845. The van der Waals surface area contributed by atoms with Crippen LogP contribution in [-0.2, 0) is 11.2 Å². The molecule has 2 aromatic rings. The molecular weight excluding hydrogens is 234 g/mol. The van der Waals surface area contributed by atoms with E-state index in [1.165, 1.54) is 22.5 Å². The van der Waals surface area contributed by atoms with Crippen LogP contribution in [0.4, 0.5) is 0 Å². The molecule has 17 heavy (non-hydrogen) atoms. The second kappa shape index (κ2) is 4.67. The Bertz CT molecular complexity index is 540. The van der Waals surface area contributed by atoms with Crippen molar-refractivity contribution in [1.29, 1.82) is 0 Å². The van der Waals surface area contributed by atoms with Crippen molar-refractivity contribution in [1.82, 2.24) is 4.98 Å². The molecule has 3 nitrogen and oxygen atoms in total. The Morgan fingerprint density at radius 2 is 1.94 bits per heavy atom. The molecule has 0 saturated heterocycles. The first-order valence-corrected chi connectivity index (χ1v) is 6.17. The minimum Gasteiger partial charge on any atom is -0.481 e. The van der Waals surface area contributed by atoms with Crippen LogP contribution in [0.3, 0.4) is 0 Å². The number of hydrogen-bond acceptors (Lipinski definition) is 3. The third-order valence-corrected chi connectivity index (χ3v) is 3.29. The van der Waals surface area contributed by atoms with E-state index in [0.29, 0.717) is 5.69 Å². The molecule has 0 aliphatic heterocycles. The fourth-order valence-corrected chi connectivity index (χ4v) is 2.58. The average Bonchev–Trinajstić information content (AvgIpc) is 2.63. The number of aromatic nitrogens is 1. The first-order chi connectivity index (χ1) is 8.04. The topological polar surface area (TPSA) is 50.2 Å². The summed E-state index contributed by atoms with van der Waals surface area (Å²) in [4.78, 5) is 14.9. The van der Waals surface area contributed by atoms with Gasteiger partial charge in [0.1, 0.15) is 5.01 Å². The van der Waals surface area contributed by atoms with Crippen molar-refractivity contribution in [2.75, 3.05) is 0 Å². The van der Waals surface area contributed by atoms with E-state index in [0.717, 1.165) is 10.6 Å². The summed E-state index contributed by atoms with van der Waals surface area (Å²) in [7, 11) is 0. The van der Waals surface area contributed by atoms with Crippen molar-refractivity contribution in [3.05, 3.63) is 40.4 Å². The number of rotatable bonds is 3. The SMILES string of the molecule is Cc1cc(C)cc(-c2nc(CC(=O)O)cs2)c1. The van der Waals surface area contributed by atoms with Crippen molar-refractivity contribution in [3.63, 3.8) is 0 Å². The monoisotopic (exact) mass is 247 g/mol. The second-order valence-corrected chi connectivity index (χ2v) is 4.95. The molecule has 0 saturated carbocycles. The van der Waals surface area contributed by atoms with E-state index in [1.807, 2.05) is 13.8 Å². The molecule has 88 valence electrons. The summed E-state index contributed by atoms with van der Waals surface area (Å²) >= 11 is 1.49. The Kier molecular flexibility index (Phi) is 3.24. The van der Waals surface area contributed by atoms with Crippen molar-refractivity contribution in [3.8, 4) is 10.6 Å². The highest BCUT2D eigenvalue weighted by molar-refractivity contribution is 7.13. The molecule has 0 atom stereocenters. The summed E-state index contributed by atoms with van der Waals surface area (Å²) in [5, 5.41) is 11.4. The normalized spacial score (nSPS) is 10.5. The maximum atomic E-state index is 10.6. The third-order valence-electron chi connectivity index (χ3n) is 2.35. The highest BCUT2D eigenvalue weighted by Crippen LogP contribution is 2.25. The number of carboxylic acids is 1. The van der Waals surface area contributed by atoms with Gasteiger partial charge in [-0.25, -0.2) is 4.98 Å². The zero-order chi connectivity index (χ0) is 12.4. The van der Waals surface area contributed by atoms with Crippen molar-refractivity contribution in [2.45, 2.75) is 20.3 Å². The van der Waals surface area contributed by atoms with Gasteiger partial charge in [0.25, 0.3) is 0 Å². The number of aryl methyl sites for hydroxylation is 2. The van der Waals surface area contributed by atoms with E-state index >= 15 is 0 Å². The van der Waals surface area contributed by atoms with Gasteiger partial charge in [-0.3, -0.25) is 4.79 Å². The molecule has 1 aromatic heterocycles. The molecule has 2 rings (SSSR count). The lowest BCUT2D eigenvalue weighted by molar-refractivity contribution is -0.136. The minimum absolute atomic E-state index is 0.0126. The van der Waals surface area contributed by atoms with E-state index in [1.54, 1.807) is 5.38 Å². The van der Waals surface area contributed by atoms with Crippen LogP contribution in [0.5, 0.6) is 0 Å². The fourth-order valence-electron chi connectivity index (χ4n) is 1.77. The predicted octanol–water partition coefficient (Wildman–Crippen LogP) is 3.05. The molecule has 0 aliphatic rings. The van der Waals surface area contributed by atoms with E-state index in [9.17, 15) is 4.79 Å². The Hall–Kier alpha value is -1.68. The fraction of sp³-hybridized carbons (Fsp3) is 0.231. The molecule has 1 N–H and O–H groups in total. The second-order valence-electron chi connectivity index (χ2n) is 4.09. The smallest absolute Gasteiger partial charge is 0.309 e. The molecule has 1 aromatic carbocycles. The molecule has 0 spiro atoms. The quantitative estimate of drug-likeness (QED) is 0.906. The number of benzene rings is 1. The molecule has 0 radical (unpaired) electrons. The van der Waals surface area contributed by atoms with E-state index in [4.69, 9.17) is 5.11 Å². The van der Waals surface area contributed by atoms with Gasteiger partial charge in [0.15, 0.2) is 0 Å². The van der Waals surface area contributed by atoms with Gasteiger partial charge < -0.3 is 5.11 Å². The van der Waals surface area contributed by atoms with E-state index < -0.39 is 5.97 Å². The van der Waals surface area contributed by atoms with Gasteiger partial charge in [0, 0.05) is 10.9 Å². The molecule has 0 aliphatic carbocycles. The van der Waals surface area contributed by atoms with Crippen LogP contribution in [0.15, 0.2) is 23.6 Å². The zero-order valence-corrected chi connectivity index (χ0v) is 10.5. The Morgan fingerprint density at radius 1 is 1.29 bits per heavy atom. The molecular formula is C13H13NO2S. The van der Waals surface area contributed by atoms with Crippen LogP contribution in [0.25, 0.3) is 10.6 Å². The first-order valence-electron chi connectivity index (χ1n) is 5.29. The largest absolute Gasteiger partial charge is 0.481 e. The maximum Gasteiger partial charge on any atom is 0.309 e. The van der Waals surface area contributed by atoms with Crippen LogP contribution in [0.2, 0.25) is 0 Å². The number of aliphatic carboxylic acids is 1. The summed E-state index contributed by atoms with van der Waals surface area (Å²) in [6.45, 7) is 4.09. The number of nitrogens with zero attached hydrogens (tertiary/aromatic N) is 1. The molecule has 0 bridgehead atoms. The zero-order valence-electron chi connectivity index (χ0n) is 9.73. The number of carboxylic acid groups (broad SMARTS) is 1. The van der Waals surface area contributed by atoms with Gasteiger partial charge in [-0.2, -0.15) is 0 Å². The summed E-state index contributed by atoms with van der Waals surface area (Å²) in [5.41, 5.74) is 4.06. The molecule has 0 unspecified atom stereocenters. The maximum absolute atomic E-state index is 10.6. The van der Waals surface area contributed by atoms with Crippen LogP contribution >= 0.6 is 11.3 Å². The van der Waals surface area contributed by atoms with Crippen LogP contribution in [0, 0.1) is 13.8 Å². The predicted molar refractivity (Wildman–Crippen MR) is 68.4 cm³/mol. The lowest BCUT2D eigenvalue weighted by Crippen LogP contribution is -1.99. The third kappa shape index (κ3) is 2.91. The highest BCUT2D eigenvalue weighted by Gasteiger charge is 2.08. The van der Waals surface area contributed by atoms with Gasteiger partial charge in [-0.1, -0.05) is 17.2 Å². The summed E-state index contributed by atoms with van der Waals surface area (Å²) in [5.74, 6) is -0.845. The van der Waals surface area contributed by atoms with Gasteiger partial charge in [-0.05, 0) is 26.0 Å². The van der Waals surface area contributed by atoms with Gasteiger partial charge >= 0.3 is 5.97 Å². The number of hydrogen-bond donors (Lipinski definition) is 1. The Labute approximate surface area is 104 Å². The lowest BCUT2D eigenvalue weighted by atomic mass is 10.1. The standard InChI is InChI=1S/C13H13NO2S/c1-8-3-9(2)5-10(4-8)13-14-11(7-17-13)6-12(15)16/h3-5,7H,6H2,1-2H3,(H,15,16). The summed E-state index contributed by atoms with van der Waals surface area (Å²) < 4.78 is 0. The van der Waals surface area contributed by atoms with Crippen LogP contribution in [0.1, 0.15) is 16.8 Å². The van der Waals surface area contributed by atoms with Gasteiger partial charge in [0.2, 0.25) is 0 Å². The highest BCUT2D eigenvalue weighted by atomic mass is 32.1. The average molecular weight is 247 g/mol. The molecule has 4 heteroatoms. The molecule has 0 fully saturated rings. The molecule has 0 amide bonds. The van der Waals surface area contributed by atoms with Crippen molar-refractivity contribution in [2.24, 2.45) is 0 Å². The van der Waals surface area contributed by atoms with Crippen LogP contribution in [-0.4, -0.2) is 16.1 Å². The Morgan fingerprint density at radius 3 is 2.53 bits per heavy atom. The van der Waals surface area contributed by atoms with Gasteiger partial charge in [-0.15, -0.1) is 11.3 Å². The summed E-state index contributed by atoms with van der Waals surface area (Å²) in [6, 6.07) is 6.24. The molecule has 1 heterocycles. The van der Waals surface area contributed by atoms with E-state index in [-0.39, 0.29) is 6.42 Å².